The second-order valence-corrected chi connectivity index (χ2v) is 4.85. The molecule has 1 N–H and O–H groups in total. The summed E-state index contributed by atoms with van der Waals surface area (Å²) < 4.78 is 3.43. The summed E-state index contributed by atoms with van der Waals surface area (Å²) in [5, 5.41) is 11.8. The Balaban J connectivity index is 1.77. The van der Waals surface area contributed by atoms with Crippen LogP contribution in [0, 0.1) is 0 Å². The minimum absolute atomic E-state index is 0.490. The van der Waals surface area contributed by atoms with Gasteiger partial charge in [-0.1, -0.05) is 30.3 Å². The Morgan fingerprint density at radius 1 is 1.00 bits per heavy atom. The molecule has 0 aliphatic rings. The van der Waals surface area contributed by atoms with Gasteiger partial charge in [-0.25, -0.2) is 4.52 Å². The number of rotatable bonds is 3. The molecule has 0 unspecified atom stereocenters. The standard InChI is InChI=1S/C15H13N7/c1-21-9-7-12(19-21)17-15-18-14-13(11-5-3-2-4-6-11)16-8-10-22(14)20-15/h2-10H,1H3,(H,17,19,20). The average molecular weight is 291 g/mol. The zero-order valence-corrected chi connectivity index (χ0v) is 11.9. The van der Waals surface area contributed by atoms with Crippen LogP contribution in [0.1, 0.15) is 0 Å². The normalized spacial score (nSPS) is 11.0. The van der Waals surface area contributed by atoms with E-state index in [1.165, 1.54) is 0 Å². The largest absolute Gasteiger partial charge is 0.306 e. The molecule has 4 rings (SSSR count). The number of hydrogen-bond acceptors (Lipinski definition) is 5. The first-order chi connectivity index (χ1) is 10.8. The number of aromatic nitrogens is 6. The first-order valence-corrected chi connectivity index (χ1v) is 6.83. The molecule has 0 aliphatic heterocycles. The molecule has 3 heterocycles. The monoisotopic (exact) mass is 291 g/mol. The van der Waals surface area contributed by atoms with E-state index in [0.29, 0.717) is 17.4 Å². The summed E-state index contributed by atoms with van der Waals surface area (Å²) in [4.78, 5) is 8.95. The Bertz CT molecular complexity index is 923. The van der Waals surface area contributed by atoms with E-state index in [-0.39, 0.29) is 0 Å². The minimum Gasteiger partial charge on any atom is -0.306 e. The van der Waals surface area contributed by atoms with E-state index in [4.69, 9.17) is 0 Å². The van der Waals surface area contributed by atoms with E-state index in [2.05, 4.69) is 25.5 Å². The third-order valence-electron chi connectivity index (χ3n) is 3.26. The predicted octanol–water partition coefficient (Wildman–Crippen LogP) is 2.27. The van der Waals surface area contributed by atoms with Crippen molar-refractivity contribution in [1.82, 2.24) is 29.4 Å². The lowest BCUT2D eigenvalue weighted by molar-refractivity contribution is 0.770. The lowest BCUT2D eigenvalue weighted by atomic mass is 10.1. The number of nitrogens with one attached hydrogen (secondary N) is 1. The Hall–Kier alpha value is -3.22. The predicted molar refractivity (Wildman–Crippen MR) is 82.7 cm³/mol. The number of hydrogen-bond donors (Lipinski definition) is 1. The van der Waals surface area contributed by atoms with Crippen LogP contribution in [0.15, 0.2) is 55.0 Å². The molecule has 0 atom stereocenters. The zero-order valence-electron chi connectivity index (χ0n) is 11.9. The molecule has 0 saturated carbocycles. The number of aryl methyl sites for hydroxylation is 1. The van der Waals surface area contributed by atoms with Crippen molar-refractivity contribution in [2.75, 3.05) is 5.32 Å². The molecule has 0 fully saturated rings. The van der Waals surface area contributed by atoms with Crippen LogP contribution in [0.5, 0.6) is 0 Å². The second kappa shape index (κ2) is 4.96. The van der Waals surface area contributed by atoms with Crippen molar-refractivity contribution in [3.8, 4) is 11.3 Å². The highest BCUT2D eigenvalue weighted by atomic mass is 15.4. The average Bonchev–Trinajstić information content (AvgIpc) is 3.13. The van der Waals surface area contributed by atoms with Crippen molar-refractivity contribution in [2.24, 2.45) is 7.05 Å². The molecule has 0 spiro atoms. The van der Waals surface area contributed by atoms with Gasteiger partial charge < -0.3 is 5.32 Å². The number of fused-ring (bicyclic) bond motifs is 1. The van der Waals surface area contributed by atoms with Crippen LogP contribution in [0.25, 0.3) is 16.9 Å². The van der Waals surface area contributed by atoms with Gasteiger partial charge in [0.25, 0.3) is 0 Å². The molecule has 0 bridgehead atoms. The van der Waals surface area contributed by atoms with Gasteiger partial charge >= 0.3 is 0 Å². The number of nitrogens with zero attached hydrogens (tertiary/aromatic N) is 6. The van der Waals surface area contributed by atoms with Crippen LogP contribution >= 0.6 is 0 Å². The van der Waals surface area contributed by atoms with Crippen LogP contribution < -0.4 is 5.32 Å². The van der Waals surface area contributed by atoms with Gasteiger partial charge in [0, 0.05) is 37.3 Å². The fraction of sp³-hybridized carbons (Fsp3) is 0.0667. The van der Waals surface area contributed by atoms with E-state index in [9.17, 15) is 0 Å². The Morgan fingerprint density at radius 2 is 1.86 bits per heavy atom. The van der Waals surface area contributed by atoms with E-state index >= 15 is 0 Å². The first kappa shape index (κ1) is 12.5. The quantitative estimate of drug-likeness (QED) is 0.627. The molecule has 4 aromatic rings. The molecule has 0 aliphatic carbocycles. The molecule has 0 amide bonds. The lowest BCUT2D eigenvalue weighted by Crippen LogP contribution is -1.95. The molecule has 1 aromatic carbocycles. The third-order valence-corrected chi connectivity index (χ3v) is 3.26. The molecule has 7 nitrogen and oxygen atoms in total. The van der Waals surface area contributed by atoms with E-state index < -0.39 is 0 Å². The summed E-state index contributed by atoms with van der Waals surface area (Å²) in [5.41, 5.74) is 2.50. The molecule has 0 radical (unpaired) electrons. The van der Waals surface area contributed by atoms with Crippen LogP contribution in [0.3, 0.4) is 0 Å². The molecule has 3 aromatic heterocycles. The van der Waals surface area contributed by atoms with Crippen molar-refractivity contribution in [3.05, 3.63) is 55.0 Å². The topological polar surface area (TPSA) is 72.9 Å². The first-order valence-electron chi connectivity index (χ1n) is 6.83. The fourth-order valence-electron chi connectivity index (χ4n) is 2.27. The summed E-state index contributed by atoms with van der Waals surface area (Å²) in [7, 11) is 1.86. The van der Waals surface area contributed by atoms with Gasteiger partial charge in [-0.15, -0.1) is 5.10 Å². The maximum absolute atomic E-state index is 4.52. The molecule has 0 saturated heterocycles. The maximum atomic E-state index is 4.52. The minimum atomic E-state index is 0.490. The third kappa shape index (κ3) is 2.18. The fourth-order valence-corrected chi connectivity index (χ4v) is 2.27. The highest BCUT2D eigenvalue weighted by Gasteiger charge is 2.11. The van der Waals surface area contributed by atoms with Gasteiger partial charge in [0.1, 0.15) is 5.69 Å². The summed E-state index contributed by atoms with van der Waals surface area (Å²) >= 11 is 0. The molecule has 22 heavy (non-hydrogen) atoms. The van der Waals surface area contributed by atoms with Gasteiger partial charge in [-0.05, 0) is 0 Å². The van der Waals surface area contributed by atoms with Crippen molar-refractivity contribution in [2.45, 2.75) is 0 Å². The molecular formula is C15H13N7. The number of benzene rings is 1. The summed E-state index contributed by atoms with van der Waals surface area (Å²) in [5.74, 6) is 1.19. The second-order valence-electron chi connectivity index (χ2n) is 4.85. The Labute approximate surface area is 126 Å². The Kier molecular flexibility index (Phi) is 2.82. The highest BCUT2D eigenvalue weighted by Crippen LogP contribution is 2.22. The summed E-state index contributed by atoms with van der Waals surface area (Å²) in [6.45, 7) is 0. The van der Waals surface area contributed by atoms with Crippen molar-refractivity contribution in [3.63, 3.8) is 0 Å². The molecular weight excluding hydrogens is 278 g/mol. The molecule has 7 heteroatoms. The van der Waals surface area contributed by atoms with Crippen LogP contribution in [-0.2, 0) is 7.05 Å². The highest BCUT2D eigenvalue weighted by molar-refractivity contribution is 5.74. The van der Waals surface area contributed by atoms with Gasteiger partial charge in [-0.3, -0.25) is 9.67 Å². The van der Waals surface area contributed by atoms with Crippen molar-refractivity contribution >= 4 is 17.4 Å². The Morgan fingerprint density at radius 3 is 2.64 bits per heavy atom. The van der Waals surface area contributed by atoms with E-state index in [0.717, 1.165) is 11.3 Å². The molecule has 108 valence electrons. The lowest BCUT2D eigenvalue weighted by Gasteiger charge is -2.00. The SMILES string of the molecule is Cn1ccc(Nc2nc3c(-c4ccccc4)nccn3n2)n1. The summed E-state index contributed by atoms with van der Waals surface area (Å²) in [6.07, 6.45) is 5.35. The van der Waals surface area contributed by atoms with Crippen molar-refractivity contribution in [1.29, 1.82) is 0 Å². The maximum Gasteiger partial charge on any atom is 0.248 e. The van der Waals surface area contributed by atoms with Gasteiger partial charge in [0.15, 0.2) is 11.5 Å². The van der Waals surface area contributed by atoms with Gasteiger partial charge in [0.2, 0.25) is 5.95 Å². The van der Waals surface area contributed by atoms with Gasteiger partial charge in [0.05, 0.1) is 0 Å². The number of anilines is 2. The van der Waals surface area contributed by atoms with E-state index in [1.807, 2.05) is 49.6 Å². The zero-order chi connectivity index (χ0) is 14.9. The van der Waals surface area contributed by atoms with Crippen LogP contribution in [-0.4, -0.2) is 29.4 Å². The smallest absolute Gasteiger partial charge is 0.248 e. The van der Waals surface area contributed by atoms with E-state index in [1.54, 1.807) is 21.6 Å². The van der Waals surface area contributed by atoms with Crippen molar-refractivity contribution < 1.29 is 0 Å². The summed E-state index contributed by atoms with van der Waals surface area (Å²) in [6, 6.07) is 11.8. The van der Waals surface area contributed by atoms with Gasteiger partial charge in [-0.2, -0.15) is 10.1 Å². The van der Waals surface area contributed by atoms with Crippen LogP contribution in [0.4, 0.5) is 11.8 Å². The van der Waals surface area contributed by atoms with Crippen LogP contribution in [0.2, 0.25) is 0 Å².